The molecule has 0 N–H and O–H groups in total. The number of hydrogen-bond donors (Lipinski definition) is 0. The van der Waals surface area contributed by atoms with Crippen molar-refractivity contribution in [3.05, 3.63) is 125 Å². The number of nitrogens with zero attached hydrogens (tertiary/aromatic N) is 3. The van der Waals surface area contributed by atoms with Crippen molar-refractivity contribution < 1.29 is 23.9 Å². The van der Waals surface area contributed by atoms with E-state index in [1.54, 1.807) is 43.3 Å². The summed E-state index contributed by atoms with van der Waals surface area (Å²) >= 11 is 1.13. The molecule has 0 aliphatic carbocycles. The molecule has 11 heteroatoms. The molecule has 0 fully saturated rings. The van der Waals surface area contributed by atoms with Crippen molar-refractivity contribution in [2.45, 2.75) is 13.0 Å². The predicted molar refractivity (Wildman–Crippen MR) is 154 cm³/mol. The number of hydrogen-bond acceptors (Lipinski definition) is 9. The van der Waals surface area contributed by atoms with E-state index < -0.39 is 22.5 Å². The van der Waals surface area contributed by atoms with Crippen LogP contribution >= 0.6 is 11.3 Å². The Balaban J connectivity index is 1.83. The fourth-order valence-corrected chi connectivity index (χ4v) is 5.66. The molecule has 0 radical (unpaired) electrons. The normalized spacial score (nSPS) is 14.7. The van der Waals surface area contributed by atoms with Crippen LogP contribution in [0.2, 0.25) is 0 Å². The van der Waals surface area contributed by atoms with E-state index in [1.807, 2.05) is 30.3 Å². The zero-order chi connectivity index (χ0) is 29.1. The van der Waals surface area contributed by atoms with Gasteiger partial charge >= 0.3 is 5.97 Å². The molecule has 1 aromatic heterocycles. The molecular weight excluding hydrogens is 546 g/mol. The Hall–Kier alpha value is -5.03. The number of ether oxygens (including phenoxy) is 3. The zero-order valence-electron chi connectivity index (χ0n) is 22.4. The van der Waals surface area contributed by atoms with Gasteiger partial charge in [0.25, 0.3) is 11.2 Å². The highest BCUT2D eigenvalue weighted by Crippen LogP contribution is 2.38. The summed E-state index contributed by atoms with van der Waals surface area (Å²) in [5.41, 5.74) is 1.82. The van der Waals surface area contributed by atoms with Crippen molar-refractivity contribution in [1.82, 2.24) is 4.57 Å². The number of benzene rings is 3. The molecule has 4 aromatic rings. The SMILES string of the molecule is CCOC(=O)C1=C(c2ccccc2)N=c2s/c(=C\c3cccc([N+](=O)[O-])c3)c(=O)n2[C@H]1c1ccc(OC)c(OC)c1. The molecule has 0 saturated carbocycles. The number of esters is 1. The highest BCUT2D eigenvalue weighted by Gasteiger charge is 2.35. The summed E-state index contributed by atoms with van der Waals surface area (Å²) in [6, 6.07) is 19.5. The van der Waals surface area contributed by atoms with Crippen molar-refractivity contribution >= 4 is 34.8 Å². The number of carbonyl (C=O) groups is 1. The van der Waals surface area contributed by atoms with Crippen molar-refractivity contribution in [3.8, 4) is 11.5 Å². The van der Waals surface area contributed by atoms with E-state index in [0.717, 1.165) is 11.3 Å². The first kappa shape index (κ1) is 27.5. The van der Waals surface area contributed by atoms with Crippen molar-refractivity contribution in [2.24, 2.45) is 4.99 Å². The summed E-state index contributed by atoms with van der Waals surface area (Å²) < 4.78 is 18.2. The maximum absolute atomic E-state index is 14.0. The Labute approximate surface area is 238 Å². The van der Waals surface area contributed by atoms with Gasteiger partial charge in [-0.3, -0.25) is 19.5 Å². The van der Waals surface area contributed by atoms with E-state index in [2.05, 4.69) is 0 Å². The largest absolute Gasteiger partial charge is 0.493 e. The van der Waals surface area contributed by atoms with Crippen molar-refractivity contribution in [3.63, 3.8) is 0 Å². The van der Waals surface area contributed by atoms with E-state index in [0.29, 0.717) is 43.2 Å². The van der Waals surface area contributed by atoms with Crippen molar-refractivity contribution in [2.75, 3.05) is 20.8 Å². The molecule has 2 heterocycles. The molecule has 0 amide bonds. The average molecular weight is 572 g/mol. The summed E-state index contributed by atoms with van der Waals surface area (Å²) in [7, 11) is 3.02. The van der Waals surface area contributed by atoms with E-state index in [4.69, 9.17) is 19.2 Å². The van der Waals surface area contributed by atoms with Gasteiger partial charge in [-0.15, -0.1) is 0 Å². The van der Waals surface area contributed by atoms with Gasteiger partial charge in [0.05, 0.1) is 47.6 Å². The van der Waals surface area contributed by atoms with Crippen LogP contribution in [0.25, 0.3) is 11.8 Å². The van der Waals surface area contributed by atoms with Crippen LogP contribution in [0.3, 0.4) is 0 Å². The van der Waals surface area contributed by atoms with Crippen LogP contribution in [0.4, 0.5) is 5.69 Å². The summed E-state index contributed by atoms with van der Waals surface area (Å²) in [6.07, 6.45) is 1.58. The third-order valence-corrected chi connectivity index (χ3v) is 7.46. The van der Waals surface area contributed by atoms with Gasteiger partial charge in [0, 0.05) is 17.7 Å². The van der Waals surface area contributed by atoms with E-state index >= 15 is 0 Å². The van der Waals surface area contributed by atoms with Crippen LogP contribution in [-0.4, -0.2) is 36.3 Å². The van der Waals surface area contributed by atoms with Crippen molar-refractivity contribution in [1.29, 1.82) is 0 Å². The van der Waals surface area contributed by atoms with E-state index in [1.165, 1.54) is 30.9 Å². The molecule has 5 rings (SSSR count). The van der Waals surface area contributed by atoms with Gasteiger partial charge in [0.15, 0.2) is 16.3 Å². The Morgan fingerprint density at radius 2 is 1.80 bits per heavy atom. The Morgan fingerprint density at radius 1 is 1.05 bits per heavy atom. The minimum absolute atomic E-state index is 0.0920. The predicted octanol–water partition coefficient (Wildman–Crippen LogP) is 3.86. The number of rotatable bonds is 8. The standard InChI is InChI=1S/C30H25N3O7S/c1-4-40-29(35)25-26(19-10-6-5-7-11-19)31-30-32(27(25)20-13-14-22(38-2)23(17-20)39-3)28(34)24(41-30)16-18-9-8-12-21(15-18)33(36)37/h5-17,27H,4H2,1-3H3/b24-16-/t27-/m0/s1. The average Bonchev–Trinajstić information content (AvgIpc) is 3.30. The van der Waals surface area contributed by atoms with Gasteiger partial charge in [-0.05, 0) is 36.3 Å². The van der Waals surface area contributed by atoms with Crippen LogP contribution in [0.5, 0.6) is 11.5 Å². The minimum Gasteiger partial charge on any atom is -0.493 e. The summed E-state index contributed by atoms with van der Waals surface area (Å²) in [5, 5.41) is 11.3. The second kappa shape index (κ2) is 11.6. The molecule has 208 valence electrons. The number of aromatic nitrogens is 1. The first-order valence-electron chi connectivity index (χ1n) is 12.6. The Bertz CT molecular complexity index is 1860. The molecule has 10 nitrogen and oxygen atoms in total. The van der Waals surface area contributed by atoms with Gasteiger partial charge in [-0.25, -0.2) is 9.79 Å². The van der Waals surface area contributed by atoms with Crippen LogP contribution in [0, 0.1) is 10.1 Å². The highest BCUT2D eigenvalue weighted by atomic mass is 32.1. The second-order valence-corrected chi connectivity index (χ2v) is 9.91. The monoisotopic (exact) mass is 571 g/mol. The molecule has 1 aliphatic rings. The number of fused-ring (bicyclic) bond motifs is 1. The molecule has 41 heavy (non-hydrogen) atoms. The highest BCUT2D eigenvalue weighted by molar-refractivity contribution is 7.07. The summed E-state index contributed by atoms with van der Waals surface area (Å²) in [5.74, 6) is 0.298. The van der Waals surface area contributed by atoms with Gasteiger partial charge in [0.2, 0.25) is 0 Å². The lowest BCUT2D eigenvalue weighted by atomic mass is 9.93. The fourth-order valence-electron chi connectivity index (χ4n) is 4.66. The first-order chi connectivity index (χ1) is 19.9. The quantitative estimate of drug-likeness (QED) is 0.179. The maximum Gasteiger partial charge on any atom is 0.338 e. The molecular formula is C30H25N3O7S. The van der Waals surface area contributed by atoms with Crippen LogP contribution in [0.15, 0.2) is 88.2 Å². The topological polar surface area (TPSA) is 122 Å². The van der Waals surface area contributed by atoms with Crippen LogP contribution < -0.4 is 24.4 Å². The Kier molecular flexibility index (Phi) is 7.79. The number of thiazole rings is 1. The van der Waals surface area contributed by atoms with Gasteiger partial charge in [0.1, 0.15) is 0 Å². The third kappa shape index (κ3) is 5.27. The molecule has 0 bridgehead atoms. The fraction of sp³-hybridized carbons (Fsp3) is 0.167. The lowest BCUT2D eigenvalue weighted by Gasteiger charge is -2.26. The number of carbonyl (C=O) groups excluding carboxylic acids is 1. The maximum atomic E-state index is 14.0. The number of non-ortho nitro benzene ring substituents is 1. The number of nitro benzene ring substituents is 1. The molecule has 0 saturated heterocycles. The van der Waals surface area contributed by atoms with E-state index in [9.17, 15) is 19.7 Å². The molecule has 3 aromatic carbocycles. The molecule has 1 atom stereocenters. The molecule has 1 aliphatic heterocycles. The second-order valence-electron chi connectivity index (χ2n) is 8.90. The summed E-state index contributed by atoms with van der Waals surface area (Å²) in [6.45, 7) is 1.83. The summed E-state index contributed by atoms with van der Waals surface area (Å²) in [4.78, 5) is 43.5. The molecule has 0 spiro atoms. The van der Waals surface area contributed by atoms with Gasteiger partial charge in [-0.2, -0.15) is 0 Å². The molecule has 0 unspecified atom stereocenters. The minimum atomic E-state index is -0.910. The van der Waals surface area contributed by atoms with Crippen LogP contribution in [0.1, 0.15) is 29.7 Å². The zero-order valence-corrected chi connectivity index (χ0v) is 23.2. The lowest BCUT2D eigenvalue weighted by molar-refractivity contribution is -0.384. The first-order valence-corrected chi connectivity index (χ1v) is 13.4. The van der Waals surface area contributed by atoms with E-state index in [-0.39, 0.29) is 17.9 Å². The smallest absolute Gasteiger partial charge is 0.338 e. The third-order valence-electron chi connectivity index (χ3n) is 6.48. The number of nitro groups is 1. The van der Waals surface area contributed by atoms with Gasteiger partial charge in [-0.1, -0.05) is 59.9 Å². The van der Waals surface area contributed by atoms with Crippen LogP contribution in [-0.2, 0) is 9.53 Å². The Morgan fingerprint density at radius 3 is 2.49 bits per heavy atom. The number of methoxy groups -OCH3 is 2. The lowest BCUT2D eigenvalue weighted by Crippen LogP contribution is -2.40. The van der Waals surface area contributed by atoms with Gasteiger partial charge < -0.3 is 14.2 Å².